The third kappa shape index (κ3) is 5.92. The van der Waals surface area contributed by atoms with Crippen LogP contribution in [0.1, 0.15) is 5.56 Å². The van der Waals surface area contributed by atoms with Crippen molar-refractivity contribution in [3.05, 3.63) is 109 Å². The molecule has 0 amide bonds. The second-order valence-electron chi connectivity index (χ2n) is 8.86. The van der Waals surface area contributed by atoms with Crippen LogP contribution in [0.15, 0.2) is 104 Å². The minimum absolute atomic E-state index is 0.238. The van der Waals surface area contributed by atoms with Crippen molar-refractivity contribution in [3.8, 4) is 39.1 Å². The Labute approximate surface area is 212 Å². The fourth-order valence-corrected chi connectivity index (χ4v) is 4.20. The van der Waals surface area contributed by atoms with E-state index in [4.69, 9.17) is 14.2 Å². The number of ether oxygens (including phenoxy) is 3. The number of benzene rings is 4. The fraction of sp³-hybridized carbons (Fsp3) is 0.188. The molecule has 0 bridgehead atoms. The molecule has 2 heterocycles. The summed E-state index contributed by atoms with van der Waals surface area (Å²) in [7, 11) is 0. The molecule has 0 spiro atoms. The van der Waals surface area contributed by atoms with Gasteiger partial charge in [0.2, 0.25) is 0 Å². The summed E-state index contributed by atoms with van der Waals surface area (Å²) in [6.45, 7) is 7.22. The number of rotatable bonds is 8. The Morgan fingerprint density at radius 2 is 1.17 bits per heavy atom. The van der Waals surface area contributed by atoms with Gasteiger partial charge in [-0.1, -0.05) is 104 Å². The van der Waals surface area contributed by atoms with E-state index in [1.54, 1.807) is 6.08 Å². The van der Waals surface area contributed by atoms with Gasteiger partial charge in [-0.15, -0.1) is 0 Å². The van der Waals surface area contributed by atoms with Gasteiger partial charge in [-0.05, 0) is 33.9 Å². The highest BCUT2D eigenvalue weighted by Gasteiger charge is 2.26. The summed E-state index contributed by atoms with van der Waals surface area (Å²) < 4.78 is 15.1. The van der Waals surface area contributed by atoms with Crippen LogP contribution in [0, 0.1) is 0 Å². The largest absolute Gasteiger partial charge is 0.507 e. The van der Waals surface area contributed by atoms with Crippen molar-refractivity contribution in [1.82, 2.24) is 0 Å². The highest BCUT2D eigenvalue weighted by molar-refractivity contribution is 5.99. The normalized spacial score (nSPS) is 17.6. The summed E-state index contributed by atoms with van der Waals surface area (Å²) in [5.41, 5.74) is 7.08. The molecule has 182 valence electrons. The van der Waals surface area contributed by atoms with Gasteiger partial charge in [-0.3, -0.25) is 0 Å². The predicted molar refractivity (Wildman–Crippen MR) is 145 cm³/mol. The van der Waals surface area contributed by atoms with Crippen molar-refractivity contribution >= 4 is 6.08 Å². The molecular formula is C32H30O4. The first-order valence-corrected chi connectivity index (χ1v) is 12.2. The summed E-state index contributed by atoms with van der Waals surface area (Å²) in [4.78, 5) is 0. The lowest BCUT2D eigenvalue weighted by molar-refractivity contribution is 0.102. The van der Waals surface area contributed by atoms with E-state index in [1.165, 1.54) is 0 Å². The molecule has 2 unspecified atom stereocenters. The highest BCUT2D eigenvalue weighted by atomic mass is 16.6. The lowest BCUT2D eigenvalue weighted by Crippen LogP contribution is -2.06. The second kappa shape index (κ2) is 11.4. The number of aromatic hydroxyl groups is 1. The van der Waals surface area contributed by atoms with Crippen LogP contribution in [-0.4, -0.2) is 43.7 Å². The van der Waals surface area contributed by atoms with Gasteiger partial charge in [-0.2, -0.15) is 0 Å². The number of phenolic OH excluding ortho intramolecular Hbond substituents is 1. The molecule has 4 aromatic carbocycles. The number of hydrogen-bond acceptors (Lipinski definition) is 4. The first-order valence-electron chi connectivity index (χ1n) is 12.2. The molecule has 2 aliphatic heterocycles. The van der Waals surface area contributed by atoms with Crippen LogP contribution in [0.5, 0.6) is 5.75 Å². The van der Waals surface area contributed by atoms with Crippen LogP contribution < -0.4 is 0 Å². The Morgan fingerprint density at radius 1 is 0.722 bits per heavy atom. The van der Waals surface area contributed by atoms with Crippen LogP contribution in [0.3, 0.4) is 0 Å². The van der Waals surface area contributed by atoms with E-state index in [0.717, 1.165) is 65.4 Å². The van der Waals surface area contributed by atoms with E-state index in [0.29, 0.717) is 12.2 Å². The average Bonchev–Trinajstić information content (AvgIpc) is 3.87. The van der Waals surface area contributed by atoms with Gasteiger partial charge in [0.1, 0.15) is 18.0 Å². The topological polar surface area (TPSA) is 54.5 Å². The Kier molecular flexibility index (Phi) is 7.58. The van der Waals surface area contributed by atoms with Crippen molar-refractivity contribution in [1.29, 1.82) is 0 Å². The molecule has 6 rings (SSSR count). The molecule has 4 aromatic rings. The minimum Gasteiger partial charge on any atom is -0.507 e. The zero-order chi connectivity index (χ0) is 24.7. The van der Waals surface area contributed by atoms with Crippen LogP contribution in [0.2, 0.25) is 0 Å². The Balaban J connectivity index is 0.000000247. The van der Waals surface area contributed by atoms with Gasteiger partial charge in [0.25, 0.3) is 0 Å². The molecule has 1 N–H and O–H groups in total. The summed E-state index contributed by atoms with van der Waals surface area (Å²) >= 11 is 0. The van der Waals surface area contributed by atoms with E-state index in [9.17, 15) is 5.11 Å². The summed E-state index contributed by atoms with van der Waals surface area (Å²) in [6, 6.07) is 32.5. The molecule has 4 nitrogen and oxygen atoms in total. The summed E-state index contributed by atoms with van der Waals surface area (Å²) in [5.74, 6) is 0.238. The Hall–Kier alpha value is -3.70. The van der Waals surface area contributed by atoms with Crippen LogP contribution in [0.25, 0.3) is 39.5 Å². The third-order valence-corrected chi connectivity index (χ3v) is 6.17. The zero-order valence-electron chi connectivity index (χ0n) is 20.2. The molecule has 2 atom stereocenters. The maximum Gasteiger partial charge on any atom is 0.124 e. The molecule has 36 heavy (non-hydrogen) atoms. The van der Waals surface area contributed by atoms with E-state index < -0.39 is 0 Å². The van der Waals surface area contributed by atoms with Crippen molar-refractivity contribution in [2.45, 2.75) is 12.2 Å². The first-order chi connectivity index (χ1) is 17.7. The summed E-state index contributed by atoms with van der Waals surface area (Å²) in [6.07, 6.45) is 2.52. The minimum atomic E-state index is 0.238. The predicted octanol–water partition coefficient (Wildman–Crippen LogP) is 6.84. The third-order valence-electron chi connectivity index (χ3n) is 6.17. The van der Waals surface area contributed by atoms with Crippen molar-refractivity contribution in [3.63, 3.8) is 0 Å². The molecule has 2 saturated heterocycles. The maximum atomic E-state index is 10.8. The second-order valence-corrected chi connectivity index (χ2v) is 8.86. The molecule has 0 aliphatic carbocycles. The summed E-state index contributed by atoms with van der Waals surface area (Å²) in [5, 5.41) is 10.8. The maximum absolute atomic E-state index is 10.8. The molecule has 2 aliphatic rings. The van der Waals surface area contributed by atoms with Crippen LogP contribution >= 0.6 is 0 Å². The molecule has 0 radical (unpaired) electrons. The molecule has 2 fully saturated rings. The lowest BCUT2D eigenvalue weighted by atomic mass is 9.84. The highest BCUT2D eigenvalue weighted by Crippen LogP contribution is 2.46. The average molecular weight is 479 g/mol. The van der Waals surface area contributed by atoms with Crippen molar-refractivity contribution in [2.75, 3.05) is 26.4 Å². The molecule has 0 aromatic heterocycles. The smallest absolute Gasteiger partial charge is 0.124 e. The van der Waals surface area contributed by atoms with Gasteiger partial charge in [-0.25, -0.2) is 0 Å². The van der Waals surface area contributed by atoms with Gasteiger partial charge >= 0.3 is 0 Å². The van der Waals surface area contributed by atoms with Crippen LogP contribution in [0.4, 0.5) is 0 Å². The lowest BCUT2D eigenvalue weighted by Gasteiger charge is -2.20. The standard InChI is InChI=1S/C26H20O.C6H10O3/c1-2-22-24(27)18-23(19-12-6-3-7-13-19)26(21-16-10-5-11-17-21)25(22)20-14-8-4-9-15-20;1(5-3-8-5)7-2-6-4-9-6/h2-18,27H,1H2;5-6H,1-4H2. The molecular weight excluding hydrogens is 448 g/mol. The van der Waals surface area contributed by atoms with E-state index in [2.05, 4.69) is 43.0 Å². The van der Waals surface area contributed by atoms with Gasteiger partial charge < -0.3 is 19.3 Å². The number of hydrogen-bond donors (Lipinski definition) is 1. The first kappa shape index (κ1) is 24.0. The number of epoxide rings is 2. The quantitative estimate of drug-likeness (QED) is 0.282. The van der Waals surface area contributed by atoms with Crippen LogP contribution in [-0.2, 0) is 14.2 Å². The molecule has 0 saturated carbocycles. The van der Waals surface area contributed by atoms with Crippen molar-refractivity contribution in [2.24, 2.45) is 0 Å². The van der Waals surface area contributed by atoms with Gasteiger partial charge in [0.05, 0.1) is 26.4 Å². The SMILES string of the molecule is C(OCC1CO1)C1CO1.C=Cc1c(O)cc(-c2ccccc2)c(-c2ccccc2)c1-c1ccccc1. The Bertz CT molecular complexity index is 1270. The molecule has 4 heteroatoms. The van der Waals surface area contributed by atoms with Crippen molar-refractivity contribution < 1.29 is 19.3 Å². The van der Waals surface area contributed by atoms with Gasteiger partial charge in [0, 0.05) is 11.1 Å². The Morgan fingerprint density at radius 3 is 1.61 bits per heavy atom. The fourth-order valence-electron chi connectivity index (χ4n) is 4.20. The van der Waals surface area contributed by atoms with E-state index in [-0.39, 0.29) is 5.75 Å². The zero-order valence-corrected chi connectivity index (χ0v) is 20.2. The van der Waals surface area contributed by atoms with E-state index >= 15 is 0 Å². The van der Waals surface area contributed by atoms with Gasteiger partial charge in [0.15, 0.2) is 0 Å². The number of phenols is 1. The monoisotopic (exact) mass is 478 g/mol. The van der Waals surface area contributed by atoms with E-state index in [1.807, 2.05) is 60.7 Å².